The second-order valence-electron chi connectivity index (χ2n) is 6.40. The van der Waals surface area contributed by atoms with E-state index in [2.05, 4.69) is 46.7 Å². The van der Waals surface area contributed by atoms with Gasteiger partial charge in [-0.15, -0.1) is 12.3 Å². The predicted molar refractivity (Wildman–Crippen MR) is 79.7 cm³/mol. The molecule has 0 saturated heterocycles. The van der Waals surface area contributed by atoms with Gasteiger partial charge in [0.15, 0.2) is 8.32 Å². The van der Waals surface area contributed by atoms with Crippen LogP contribution in [0.4, 0.5) is 0 Å². The lowest BCUT2D eigenvalue weighted by atomic mass is 10.1. The molecule has 0 aliphatic heterocycles. The molecule has 2 heteroatoms. The summed E-state index contributed by atoms with van der Waals surface area (Å²) in [5, 5.41) is 0.268. The molecule has 0 radical (unpaired) electrons. The SMILES string of the molecule is C#CC[C@H](CCCCC)O[Si](C)(C)C(C)(C)C. The normalized spacial score (nSPS) is 14.4. The van der Waals surface area contributed by atoms with Crippen molar-refractivity contribution >= 4 is 8.32 Å². The molecule has 1 nitrogen and oxygen atoms in total. The van der Waals surface area contributed by atoms with Crippen molar-refractivity contribution in [3.8, 4) is 12.3 Å². The molecule has 0 aliphatic rings. The Labute approximate surface area is 109 Å². The van der Waals surface area contributed by atoms with Crippen LogP contribution in [0.15, 0.2) is 0 Å². The highest BCUT2D eigenvalue weighted by atomic mass is 28.4. The van der Waals surface area contributed by atoms with Crippen molar-refractivity contribution in [3.05, 3.63) is 0 Å². The molecule has 0 bridgehead atoms. The van der Waals surface area contributed by atoms with Crippen molar-refractivity contribution in [2.24, 2.45) is 0 Å². The van der Waals surface area contributed by atoms with E-state index in [4.69, 9.17) is 10.8 Å². The molecule has 0 saturated carbocycles. The molecule has 0 amide bonds. The number of unbranched alkanes of at least 4 members (excludes halogenated alkanes) is 2. The lowest BCUT2D eigenvalue weighted by molar-refractivity contribution is 0.172. The monoisotopic (exact) mass is 254 g/mol. The number of hydrogen-bond acceptors (Lipinski definition) is 1. The fourth-order valence-electron chi connectivity index (χ4n) is 1.55. The summed E-state index contributed by atoms with van der Waals surface area (Å²) in [7, 11) is -1.66. The van der Waals surface area contributed by atoms with E-state index in [1.807, 2.05) is 0 Å². The Bertz CT molecular complexity index is 245. The van der Waals surface area contributed by atoms with Gasteiger partial charge in [0.25, 0.3) is 0 Å². The first-order valence-electron chi connectivity index (χ1n) is 6.86. The summed E-state index contributed by atoms with van der Waals surface area (Å²) >= 11 is 0. The van der Waals surface area contributed by atoms with E-state index in [1.54, 1.807) is 0 Å². The summed E-state index contributed by atoms with van der Waals surface area (Å²) in [5.74, 6) is 2.77. The maximum Gasteiger partial charge on any atom is 0.192 e. The van der Waals surface area contributed by atoms with Crippen LogP contribution < -0.4 is 0 Å². The van der Waals surface area contributed by atoms with Crippen molar-refractivity contribution in [1.29, 1.82) is 0 Å². The summed E-state index contributed by atoms with van der Waals surface area (Å²) in [6.45, 7) is 13.7. The molecule has 0 rings (SSSR count). The van der Waals surface area contributed by atoms with Crippen LogP contribution >= 0.6 is 0 Å². The van der Waals surface area contributed by atoms with E-state index in [-0.39, 0.29) is 11.1 Å². The minimum absolute atomic E-state index is 0.268. The van der Waals surface area contributed by atoms with Crippen molar-refractivity contribution in [2.45, 2.75) is 84.0 Å². The van der Waals surface area contributed by atoms with Gasteiger partial charge in [0.2, 0.25) is 0 Å². The molecular formula is C15H30OSi. The lowest BCUT2D eigenvalue weighted by Gasteiger charge is -2.39. The minimum atomic E-state index is -1.66. The van der Waals surface area contributed by atoms with Gasteiger partial charge in [0, 0.05) is 6.42 Å². The molecule has 0 aromatic carbocycles. The van der Waals surface area contributed by atoms with E-state index in [0.717, 1.165) is 12.8 Å². The maximum atomic E-state index is 6.39. The van der Waals surface area contributed by atoms with Gasteiger partial charge in [0.1, 0.15) is 0 Å². The zero-order valence-corrected chi connectivity index (χ0v) is 13.6. The lowest BCUT2D eigenvalue weighted by Crippen LogP contribution is -2.43. The van der Waals surface area contributed by atoms with Crippen LogP contribution in [-0.2, 0) is 4.43 Å². The highest BCUT2D eigenvalue weighted by Crippen LogP contribution is 2.38. The molecular weight excluding hydrogens is 224 g/mol. The summed E-state index contributed by atoms with van der Waals surface area (Å²) < 4.78 is 6.39. The Kier molecular flexibility index (Phi) is 7.12. The molecule has 100 valence electrons. The first-order chi connectivity index (χ1) is 7.74. The van der Waals surface area contributed by atoms with E-state index >= 15 is 0 Å². The van der Waals surface area contributed by atoms with Gasteiger partial charge in [-0.1, -0.05) is 47.0 Å². The van der Waals surface area contributed by atoms with Gasteiger partial charge in [0.05, 0.1) is 6.10 Å². The van der Waals surface area contributed by atoms with Crippen LogP contribution in [0.25, 0.3) is 0 Å². The molecule has 0 aromatic heterocycles. The van der Waals surface area contributed by atoms with Gasteiger partial charge in [-0.2, -0.15) is 0 Å². The molecule has 0 fully saturated rings. The molecule has 17 heavy (non-hydrogen) atoms. The zero-order valence-electron chi connectivity index (χ0n) is 12.6. The smallest absolute Gasteiger partial charge is 0.192 e. The predicted octanol–water partition coefficient (Wildman–Crippen LogP) is 4.98. The average Bonchev–Trinajstić information content (AvgIpc) is 2.16. The van der Waals surface area contributed by atoms with Crippen molar-refractivity contribution < 1.29 is 4.43 Å². The quantitative estimate of drug-likeness (QED) is 0.354. The highest BCUT2D eigenvalue weighted by Gasteiger charge is 2.38. The average molecular weight is 254 g/mol. The zero-order chi connectivity index (χ0) is 13.5. The topological polar surface area (TPSA) is 9.23 Å². The Morgan fingerprint density at radius 2 is 1.82 bits per heavy atom. The fraction of sp³-hybridized carbons (Fsp3) is 0.867. The van der Waals surface area contributed by atoms with Gasteiger partial charge in [-0.05, 0) is 24.6 Å². The molecule has 0 N–H and O–H groups in total. The van der Waals surface area contributed by atoms with Crippen LogP contribution in [-0.4, -0.2) is 14.4 Å². The molecule has 0 heterocycles. The Morgan fingerprint density at radius 3 is 2.24 bits per heavy atom. The van der Waals surface area contributed by atoms with Crippen LogP contribution in [0.5, 0.6) is 0 Å². The van der Waals surface area contributed by atoms with Crippen molar-refractivity contribution in [2.75, 3.05) is 0 Å². The van der Waals surface area contributed by atoms with E-state index in [1.165, 1.54) is 19.3 Å². The third kappa shape index (κ3) is 6.28. The second-order valence-corrected chi connectivity index (χ2v) is 11.2. The highest BCUT2D eigenvalue weighted by molar-refractivity contribution is 6.74. The van der Waals surface area contributed by atoms with E-state index in [9.17, 15) is 0 Å². The summed E-state index contributed by atoms with van der Waals surface area (Å²) in [6, 6.07) is 0. The first-order valence-corrected chi connectivity index (χ1v) is 9.76. The molecule has 0 spiro atoms. The van der Waals surface area contributed by atoms with Crippen molar-refractivity contribution in [1.82, 2.24) is 0 Å². The van der Waals surface area contributed by atoms with E-state index in [0.29, 0.717) is 0 Å². The third-order valence-electron chi connectivity index (χ3n) is 3.74. The number of terminal acetylenes is 1. The second kappa shape index (κ2) is 7.23. The third-order valence-corrected chi connectivity index (χ3v) is 8.28. The van der Waals surface area contributed by atoms with E-state index < -0.39 is 8.32 Å². The maximum absolute atomic E-state index is 6.39. The molecule has 0 unspecified atom stereocenters. The Balaban J connectivity index is 4.38. The molecule has 0 aliphatic carbocycles. The van der Waals surface area contributed by atoms with Gasteiger partial charge in [-0.25, -0.2) is 0 Å². The van der Waals surface area contributed by atoms with Crippen LogP contribution in [0.1, 0.15) is 59.8 Å². The largest absolute Gasteiger partial charge is 0.413 e. The minimum Gasteiger partial charge on any atom is -0.413 e. The van der Waals surface area contributed by atoms with Crippen LogP contribution in [0.3, 0.4) is 0 Å². The van der Waals surface area contributed by atoms with Gasteiger partial charge >= 0.3 is 0 Å². The Hall–Kier alpha value is -0.263. The summed E-state index contributed by atoms with van der Waals surface area (Å²) in [5.41, 5.74) is 0. The summed E-state index contributed by atoms with van der Waals surface area (Å²) in [6.07, 6.45) is 11.4. The van der Waals surface area contributed by atoms with Crippen molar-refractivity contribution in [3.63, 3.8) is 0 Å². The van der Waals surface area contributed by atoms with Crippen LogP contribution in [0, 0.1) is 12.3 Å². The first kappa shape index (κ1) is 16.7. The number of rotatable bonds is 7. The van der Waals surface area contributed by atoms with Gasteiger partial charge < -0.3 is 4.43 Å². The summed E-state index contributed by atoms with van der Waals surface area (Å²) in [4.78, 5) is 0. The molecule has 0 aromatic rings. The Morgan fingerprint density at radius 1 is 1.24 bits per heavy atom. The fourth-order valence-corrected chi connectivity index (χ4v) is 2.94. The number of hydrogen-bond donors (Lipinski definition) is 0. The standard InChI is InChI=1S/C15H30OSi/c1-8-10-11-13-14(12-9-2)16-17(6,7)15(3,4)5/h2,14H,8,10-13H2,1,3-7H3/t14-/m1/s1. The van der Waals surface area contributed by atoms with Crippen LogP contribution in [0.2, 0.25) is 18.1 Å². The van der Waals surface area contributed by atoms with Gasteiger partial charge in [-0.3, -0.25) is 0 Å². The molecule has 1 atom stereocenters.